The van der Waals surface area contributed by atoms with E-state index in [-0.39, 0.29) is 24.4 Å². The van der Waals surface area contributed by atoms with Gasteiger partial charge in [0.1, 0.15) is 29.7 Å². The van der Waals surface area contributed by atoms with Crippen LogP contribution in [0.25, 0.3) is 11.2 Å². The van der Waals surface area contributed by atoms with Crippen LogP contribution in [0.15, 0.2) is 12.7 Å². The molecule has 2 aliphatic rings. The molecular formula is C21H32ClN4O7P. The first-order valence-corrected chi connectivity index (χ1v) is 13.5. The van der Waals surface area contributed by atoms with Gasteiger partial charge in [0, 0.05) is 6.42 Å². The standard InChI is InChI=1S/C21H32ClN4O7P/c1-5-19(6-2,33-34(30,31)20(28,7-3)8-4)9-12-15(27)21(29)14(16(21)32-12)26-11-25-13-17(22)23-10-24-18(13)26/h10-12,14-16,27-29H,5-9H2,1-4H3,(H,30,31)/t12-,14?,15-,16+,21-/m1/s1. The first kappa shape index (κ1) is 25.9. The number of rotatable bonds is 10. The molecule has 1 aliphatic heterocycles. The molecule has 0 aromatic carbocycles. The van der Waals surface area contributed by atoms with Crippen molar-refractivity contribution in [1.82, 2.24) is 19.5 Å². The van der Waals surface area contributed by atoms with Crippen LogP contribution in [-0.4, -0.2) is 74.6 Å². The SMILES string of the molecule is CCC(CC)(C[C@H]1O[C@H]2C(n3cnc4c(Cl)ncnc43)[C@@]2(O)[C@@H]1O)OP(=O)(O)C(O)(CC)CC. The van der Waals surface area contributed by atoms with Crippen LogP contribution in [0, 0.1) is 0 Å². The van der Waals surface area contributed by atoms with E-state index in [9.17, 15) is 24.8 Å². The molecule has 6 atom stereocenters. The van der Waals surface area contributed by atoms with E-state index < -0.39 is 48.5 Å². The highest BCUT2D eigenvalue weighted by Gasteiger charge is 2.77. The molecule has 11 nitrogen and oxygen atoms in total. The lowest BCUT2D eigenvalue weighted by Crippen LogP contribution is -2.44. The molecule has 2 unspecified atom stereocenters. The predicted molar refractivity (Wildman–Crippen MR) is 123 cm³/mol. The zero-order valence-corrected chi connectivity index (χ0v) is 21.3. The first-order chi connectivity index (χ1) is 15.9. The van der Waals surface area contributed by atoms with Gasteiger partial charge in [-0.05, 0) is 25.7 Å². The van der Waals surface area contributed by atoms with Crippen molar-refractivity contribution in [2.75, 3.05) is 0 Å². The number of hydrogen-bond donors (Lipinski definition) is 4. The molecule has 190 valence electrons. The van der Waals surface area contributed by atoms with Gasteiger partial charge in [0.05, 0.1) is 24.1 Å². The van der Waals surface area contributed by atoms with Crippen molar-refractivity contribution in [1.29, 1.82) is 0 Å². The molecule has 1 saturated carbocycles. The second kappa shape index (κ2) is 8.74. The van der Waals surface area contributed by atoms with Gasteiger partial charge in [0.2, 0.25) is 0 Å². The van der Waals surface area contributed by atoms with Crippen molar-refractivity contribution in [3.05, 3.63) is 17.8 Å². The van der Waals surface area contributed by atoms with Gasteiger partial charge >= 0.3 is 7.60 Å². The van der Waals surface area contributed by atoms with Crippen LogP contribution < -0.4 is 0 Å². The van der Waals surface area contributed by atoms with Crippen molar-refractivity contribution in [2.24, 2.45) is 0 Å². The number of nitrogens with zero attached hydrogens (tertiary/aromatic N) is 4. The van der Waals surface area contributed by atoms with Crippen molar-refractivity contribution in [3.63, 3.8) is 0 Å². The lowest BCUT2D eigenvalue weighted by Gasteiger charge is -2.40. The Morgan fingerprint density at radius 1 is 1.21 bits per heavy atom. The number of hydrogen-bond acceptors (Lipinski definition) is 9. The lowest BCUT2D eigenvalue weighted by molar-refractivity contribution is -0.0840. The summed E-state index contributed by atoms with van der Waals surface area (Å²) in [6.45, 7) is 6.86. The Labute approximate surface area is 202 Å². The highest BCUT2D eigenvalue weighted by atomic mass is 35.5. The molecular weight excluding hydrogens is 487 g/mol. The van der Waals surface area contributed by atoms with Crippen LogP contribution in [0.3, 0.4) is 0 Å². The van der Waals surface area contributed by atoms with Gasteiger partial charge in [0.15, 0.2) is 16.1 Å². The predicted octanol–water partition coefficient (Wildman–Crippen LogP) is 2.55. The average molecular weight is 519 g/mol. The summed E-state index contributed by atoms with van der Waals surface area (Å²) in [5, 5.41) is 31.3. The molecule has 0 amide bonds. The second-order valence-corrected chi connectivity index (χ2v) is 11.7. The van der Waals surface area contributed by atoms with Gasteiger partial charge < -0.3 is 29.5 Å². The molecule has 2 aromatic rings. The number of ether oxygens (including phenoxy) is 1. The lowest BCUT2D eigenvalue weighted by atomic mass is 9.88. The number of imidazole rings is 1. The Kier molecular flexibility index (Phi) is 6.66. The number of aliphatic hydroxyl groups is 3. The minimum atomic E-state index is -4.43. The monoisotopic (exact) mass is 518 g/mol. The van der Waals surface area contributed by atoms with Crippen molar-refractivity contribution < 1.29 is 34.0 Å². The van der Waals surface area contributed by atoms with Crippen molar-refractivity contribution in [3.8, 4) is 0 Å². The van der Waals surface area contributed by atoms with Gasteiger partial charge in [-0.15, -0.1) is 0 Å². The van der Waals surface area contributed by atoms with E-state index in [1.165, 1.54) is 12.7 Å². The van der Waals surface area contributed by atoms with Gasteiger partial charge in [-0.2, -0.15) is 0 Å². The van der Waals surface area contributed by atoms with E-state index in [4.69, 9.17) is 20.9 Å². The average Bonchev–Trinajstić information content (AvgIpc) is 3.08. The minimum Gasteiger partial charge on any atom is -0.387 e. The minimum absolute atomic E-state index is 0.0548. The van der Waals surface area contributed by atoms with Crippen LogP contribution in [-0.2, 0) is 13.8 Å². The molecule has 0 bridgehead atoms. The van der Waals surface area contributed by atoms with E-state index in [1.54, 1.807) is 32.3 Å². The molecule has 0 spiro atoms. The normalized spacial score (nSPS) is 31.0. The summed E-state index contributed by atoms with van der Waals surface area (Å²) in [4.78, 5) is 23.0. The van der Waals surface area contributed by atoms with Gasteiger partial charge in [-0.1, -0.05) is 39.3 Å². The second-order valence-electron chi connectivity index (χ2n) is 9.26. The fraction of sp³-hybridized carbons (Fsp3) is 0.762. The van der Waals surface area contributed by atoms with E-state index >= 15 is 0 Å². The van der Waals surface area contributed by atoms with Gasteiger partial charge in [0.25, 0.3) is 0 Å². The fourth-order valence-corrected chi connectivity index (χ4v) is 7.06. The molecule has 1 aliphatic carbocycles. The molecule has 2 fully saturated rings. The Balaban J connectivity index is 1.54. The molecule has 0 radical (unpaired) electrons. The van der Waals surface area contributed by atoms with E-state index in [1.807, 2.05) is 0 Å². The third-order valence-electron chi connectivity index (χ3n) is 7.71. The summed E-state index contributed by atoms with van der Waals surface area (Å²) < 4.78 is 26.5. The summed E-state index contributed by atoms with van der Waals surface area (Å²) in [5.74, 6) is 0. The quantitative estimate of drug-likeness (QED) is 0.272. The topological polar surface area (TPSA) is 160 Å². The third-order valence-corrected chi connectivity index (χ3v) is 10.3. The maximum absolute atomic E-state index is 13.1. The molecule has 3 heterocycles. The zero-order chi connectivity index (χ0) is 25.1. The number of aliphatic hydroxyl groups excluding tert-OH is 1. The summed E-state index contributed by atoms with van der Waals surface area (Å²) in [6, 6.07) is -0.623. The van der Waals surface area contributed by atoms with Crippen LogP contribution in [0.1, 0.15) is 65.8 Å². The van der Waals surface area contributed by atoms with Gasteiger partial charge in [-0.3, -0.25) is 9.09 Å². The highest BCUT2D eigenvalue weighted by molar-refractivity contribution is 7.54. The summed E-state index contributed by atoms with van der Waals surface area (Å²) in [6.07, 6.45) is 0.785. The first-order valence-electron chi connectivity index (χ1n) is 11.6. The Hall–Kier alpha value is -1.17. The summed E-state index contributed by atoms with van der Waals surface area (Å²) >= 11 is 6.07. The van der Waals surface area contributed by atoms with Crippen molar-refractivity contribution >= 4 is 30.4 Å². The molecule has 34 heavy (non-hydrogen) atoms. The van der Waals surface area contributed by atoms with E-state index in [0.717, 1.165) is 0 Å². The molecule has 13 heteroatoms. The molecule has 2 aromatic heterocycles. The van der Waals surface area contributed by atoms with Crippen LogP contribution in [0.2, 0.25) is 5.15 Å². The van der Waals surface area contributed by atoms with Crippen LogP contribution in [0.5, 0.6) is 0 Å². The Bertz CT molecular complexity index is 1110. The third kappa shape index (κ3) is 3.72. The Morgan fingerprint density at radius 3 is 2.38 bits per heavy atom. The maximum atomic E-state index is 13.1. The smallest absolute Gasteiger partial charge is 0.359 e. The van der Waals surface area contributed by atoms with Gasteiger partial charge in [-0.25, -0.2) is 15.0 Å². The Morgan fingerprint density at radius 2 is 1.85 bits per heavy atom. The highest BCUT2D eigenvalue weighted by Crippen LogP contribution is 2.63. The number of fused-ring (bicyclic) bond motifs is 2. The van der Waals surface area contributed by atoms with E-state index in [0.29, 0.717) is 24.0 Å². The summed E-state index contributed by atoms with van der Waals surface area (Å²) in [5.41, 5.74) is -1.93. The summed E-state index contributed by atoms with van der Waals surface area (Å²) in [7, 11) is -4.43. The molecule has 4 N–H and O–H groups in total. The molecule has 1 saturated heterocycles. The van der Waals surface area contributed by atoms with E-state index in [2.05, 4.69) is 15.0 Å². The maximum Gasteiger partial charge on any atom is 0.359 e. The zero-order valence-electron chi connectivity index (χ0n) is 19.6. The fourth-order valence-electron chi connectivity index (χ4n) is 5.06. The molecule has 4 rings (SSSR count). The van der Waals surface area contributed by atoms with Crippen LogP contribution >= 0.6 is 19.2 Å². The van der Waals surface area contributed by atoms with Crippen molar-refractivity contribution in [2.45, 2.75) is 101 Å². The number of aromatic nitrogens is 4. The largest absolute Gasteiger partial charge is 0.387 e. The number of halogens is 1. The van der Waals surface area contributed by atoms with Crippen LogP contribution in [0.4, 0.5) is 0 Å².